The van der Waals surface area contributed by atoms with Gasteiger partial charge in [-0.15, -0.1) is 0 Å². The maximum Gasteiger partial charge on any atom is 0.0409 e. The van der Waals surface area contributed by atoms with Gasteiger partial charge in [0.05, 0.1) is 0 Å². The fourth-order valence-corrected chi connectivity index (χ4v) is 5.06. The van der Waals surface area contributed by atoms with Crippen molar-refractivity contribution in [1.29, 1.82) is 0 Å². The highest BCUT2D eigenvalue weighted by Crippen LogP contribution is 2.16. The van der Waals surface area contributed by atoms with Crippen LogP contribution in [0.1, 0.15) is 172 Å². The molecule has 0 aliphatic carbocycles. The molecule has 1 heteroatoms. The summed E-state index contributed by atoms with van der Waals surface area (Å²) in [6.45, 7) is 8.73. The Balaban J connectivity index is 2.10. The third-order valence-electron chi connectivity index (χ3n) is 7.35. The SMILES string of the molecule is [CH2]Cc1cc(CCCCCCCCCCCCC)nc(CCCCCCCCCCCCC)c1. The molecule has 0 aliphatic rings. The van der Waals surface area contributed by atoms with Crippen molar-refractivity contribution in [3.05, 3.63) is 36.0 Å². The van der Waals surface area contributed by atoms with Crippen LogP contribution in [0.5, 0.6) is 0 Å². The van der Waals surface area contributed by atoms with Crippen LogP contribution < -0.4 is 0 Å². The average molecular weight is 471 g/mol. The second-order valence-electron chi connectivity index (χ2n) is 10.8. The van der Waals surface area contributed by atoms with Crippen molar-refractivity contribution in [3.8, 4) is 0 Å². The van der Waals surface area contributed by atoms with E-state index in [9.17, 15) is 0 Å². The summed E-state index contributed by atoms with van der Waals surface area (Å²) in [6.07, 6.45) is 34.1. The summed E-state index contributed by atoms with van der Waals surface area (Å²) in [7, 11) is 0. The molecular formula is C33H60N. The molecule has 1 radical (unpaired) electrons. The van der Waals surface area contributed by atoms with E-state index >= 15 is 0 Å². The molecule has 0 aromatic carbocycles. The quantitative estimate of drug-likeness (QED) is 0.129. The number of nitrogens with zero attached hydrogens (tertiary/aromatic N) is 1. The van der Waals surface area contributed by atoms with Crippen molar-refractivity contribution in [3.63, 3.8) is 0 Å². The minimum atomic E-state index is 0.888. The Morgan fingerprint density at radius 3 is 1.06 bits per heavy atom. The smallest absolute Gasteiger partial charge is 0.0409 e. The lowest BCUT2D eigenvalue weighted by atomic mass is 10.0. The second kappa shape index (κ2) is 23.9. The average Bonchev–Trinajstić information content (AvgIpc) is 2.85. The Morgan fingerprint density at radius 1 is 0.471 bits per heavy atom. The van der Waals surface area contributed by atoms with Crippen LogP contribution in [-0.2, 0) is 19.3 Å². The van der Waals surface area contributed by atoms with Gasteiger partial charge < -0.3 is 0 Å². The molecule has 34 heavy (non-hydrogen) atoms. The minimum absolute atomic E-state index is 0.888. The Kier molecular flexibility index (Phi) is 21.9. The molecule has 0 atom stereocenters. The van der Waals surface area contributed by atoms with E-state index in [1.54, 1.807) is 0 Å². The molecular weight excluding hydrogens is 410 g/mol. The number of hydrogen-bond acceptors (Lipinski definition) is 1. The highest BCUT2D eigenvalue weighted by Gasteiger charge is 2.04. The van der Waals surface area contributed by atoms with Crippen LogP contribution in [0.15, 0.2) is 12.1 Å². The van der Waals surface area contributed by atoms with Gasteiger partial charge in [-0.2, -0.15) is 0 Å². The first-order chi connectivity index (χ1) is 16.8. The highest BCUT2D eigenvalue weighted by atomic mass is 14.7. The molecule has 0 saturated heterocycles. The van der Waals surface area contributed by atoms with Gasteiger partial charge in [-0.3, -0.25) is 4.98 Å². The van der Waals surface area contributed by atoms with Crippen LogP contribution in [0, 0.1) is 6.92 Å². The molecule has 0 saturated carbocycles. The van der Waals surface area contributed by atoms with Gasteiger partial charge in [0.15, 0.2) is 0 Å². The van der Waals surface area contributed by atoms with Gasteiger partial charge in [-0.05, 0) is 56.7 Å². The van der Waals surface area contributed by atoms with Crippen molar-refractivity contribution in [2.45, 2.75) is 174 Å². The number of pyridine rings is 1. The molecule has 197 valence electrons. The van der Waals surface area contributed by atoms with E-state index in [1.807, 2.05) is 0 Å². The molecule has 0 aliphatic heterocycles. The summed E-state index contributed by atoms with van der Waals surface area (Å²) >= 11 is 0. The van der Waals surface area contributed by atoms with Crippen LogP contribution in [0.3, 0.4) is 0 Å². The summed E-state index contributed by atoms with van der Waals surface area (Å²) in [5.41, 5.74) is 4.01. The van der Waals surface area contributed by atoms with Crippen molar-refractivity contribution in [2.24, 2.45) is 0 Å². The first-order valence-corrected chi connectivity index (χ1v) is 15.6. The van der Waals surface area contributed by atoms with Gasteiger partial charge in [-0.25, -0.2) is 0 Å². The molecule has 0 N–H and O–H groups in total. The number of rotatable bonds is 25. The van der Waals surface area contributed by atoms with E-state index in [0.717, 1.165) is 19.3 Å². The maximum absolute atomic E-state index is 5.02. The second-order valence-corrected chi connectivity index (χ2v) is 10.8. The molecule has 0 spiro atoms. The predicted octanol–water partition coefficient (Wildman–Crippen LogP) is 11.2. The third kappa shape index (κ3) is 18.5. The van der Waals surface area contributed by atoms with Gasteiger partial charge in [0.2, 0.25) is 0 Å². The topological polar surface area (TPSA) is 12.9 Å². The van der Waals surface area contributed by atoms with E-state index in [0.29, 0.717) is 0 Å². The van der Waals surface area contributed by atoms with Crippen LogP contribution in [0.2, 0.25) is 0 Å². The summed E-state index contributed by atoms with van der Waals surface area (Å²) < 4.78 is 0. The zero-order valence-corrected chi connectivity index (χ0v) is 23.5. The van der Waals surface area contributed by atoms with E-state index < -0.39 is 0 Å². The molecule has 1 nitrogen and oxygen atoms in total. The van der Waals surface area contributed by atoms with Gasteiger partial charge in [0, 0.05) is 11.4 Å². The van der Waals surface area contributed by atoms with Gasteiger partial charge in [0.25, 0.3) is 0 Å². The van der Waals surface area contributed by atoms with Crippen LogP contribution in [-0.4, -0.2) is 4.98 Å². The molecule has 0 unspecified atom stereocenters. The Bertz CT molecular complexity index is 505. The summed E-state index contributed by atoms with van der Waals surface area (Å²) in [5, 5.41) is 0. The van der Waals surface area contributed by atoms with Crippen molar-refractivity contribution >= 4 is 0 Å². The fourth-order valence-electron chi connectivity index (χ4n) is 5.06. The molecule has 0 bridgehead atoms. The molecule has 1 aromatic heterocycles. The largest absolute Gasteiger partial charge is 0.258 e. The lowest BCUT2D eigenvalue weighted by Gasteiger charge is -2.09. The number of hydrogen-bond donors (Lipinski definition) is 0. The lowest BCUT2D eigenvalue weighted by molar-refractivity contribution is 0.547. The first-order valence-electron chi connectivity index (χ1n) is 15.6. The van der Waals surface area contributed by atoms with E-state index in [4.69, 9.17) is 4.98 Å². The number of aromatic nitrogens is 1. The minimum Gasteiger partial charge on any atom is -0.258 e. The fraction of sp³-hybridized carbons (Fsp3) is 0.818. The summed E-state index contributed by atoms with van der Waals surface area (Å²) in [4.78, 5) is 5.02. The molecule has 0 amide bonds. The summed E-state index contributed by atoms with van der Waals surface area (Å²) in [6, 6.07) is 4.63. The van der Waals surface area contributed by atoms with E-state index in [2.05, 4.69) is 32.9 Å². The molecule has 1 heterocycles. The normalized spacial score (nSPS) is 11.4. The van der Waals surface area contributed by atoms with Crippen molar-refractivity contribution < 1.29 is 0 Å². The van der Waals surface area contributed by atoms with Crippen molar-refractivity contribution in [1.82, 2.24) is 4.98 Å². The van der Waals surface area contributed by atoms with E-state index in [-0.39, 0.29) is 0 Å². The molecule has 1 aromatic rings. The van der Waals surface area contributed by atoms with Crippen LogP contribution in [0.4, 0.5) is 0 Å². The van der Waals surface area contributed by atoms with Gasteiger partial charge in [-0.1, -0.05) is 142 Å². The summed E-state index contributed by atoms with van der Waals surface area (Å²) in [5.74, 6) is 0. The van der Waals surface area contributed by atoms with Crippen molar-refractivity contribution in [2.75, 3.05) is 0 Å². The van der Waals surface area contributed by atoms with Crippen LogP contribution >= 0.6 is 0 Å². The third-order valence-corrected chi connectivity index (χ3v) is 7.35. The predicted molar refractivity (Wildman–Crippen MR) is 154 cm³/mol. The highest BCUT2D eigenvalue weighted by molar-refractivity contribution is 5.22. The number of unbranched alkanes of at least 4 members (excludes halogenated alkanes) is 20. The maximum atomic E-state index is 5.02. The lowest BCUT2D eigenvalue weighted by Crippen LogP contribution is -2.00. The molecule has 0 fully saturated rings. The van der Waals surface area contributed by atoms with E-state index in [1.165, 1.54) is 158 Å². The van der Waals surface area contributed by atoms with Gasteiger partial charge in [0.1, 0.15) is 0 Å². The van der Waals surface area contributed by atoms with Crippen LogP contribution in [0.25, 0.3) is 0 Å². The Hall–Kier alpha value is -0.850. The standard InChI is InChI=1S/C33H60N/c1-4-7-9-11-13-15-17-19-21-23-25-27-32-29-31(6-3)30-33(34-32)28-26-24-22-20-18-16-14-12-10-8-5-2/h29-30H,3-28H2,1-2H3. The first kappa shape index (κ1) is 31.2. The Morgan fingerprint density at radius 2 is 0.765 bits per heavy atom. The van der Waals surface area contributed by atoms with Gasteiger partial charge >= 0.3 is 0 Å². The monoisotopic (exact) mass is 470 g/mol. The molecule has 1 rings (SSSR count). The number of aryl methyl sites for hydroxylation is 2. The zero-order valence-electron chi connectivity index (χ0n) is 23.5. The zero-order chi connectivity index (χ0) is 24.5. The Labute approximate surface area is 215 Å².